The molecule has 29 heavy (non-hydrogen) atoms. The van der Waals surface area contributed by atoms with Crippen molar-refractivity contribution in [3.05, 3.63) is 100 Å². The van der Waals surface area contributed by atoms with Gasteiger partial charge in [-0.3, -0.25) is 4.79 Å². The first-order valence-corrected chi connectivity index (χ1v) is 9.08. The van der Waals surface area contributed by atoms with Crippen LogP contribution < -0.4 is 10.1 Å². The number of halogens is 2. The Bertz CT molecular complexity index is 1090. The molecule has 1 N–H and O–H groups in total. The summed E-state index contributed by atoms with van der Waals surface area (Å²) in [6, 6.07) is 21.9. The first-order valence-electron chi connectivity index (χ1n) is 8.71. The van der Waals surface area contributed by atoms with E-state index >= 15 is 0 Å². The molecule has 1 amide bonds. The lowest BCUT2D eigenvalue weighted by atomic mass is 10.1. The third kappa shape index (κ3) is 5.44. The number of ether oxygens (including phenoxy) is 1. The number of carbonyl (C=O) groups is 1. The second-order valence-corrected chi connectivity index (χ2v) is 6.49. The Morgan fingerprint density at radius 2 is 1.76 bits per heavy atom. The number of nitrogens with one attached hydrogen (secondary N) is 1. The number of hydrogen-bond donors (Lipinski definition) is 1. The van der Waals surface area contributed by atoms with E-state index in [4.69, 9.17) is 16.3 Å². The molecule has 0 bridgehead atoms. The van der Waals surface area contributed by atoms with Crippen molar-refractivity contribution in [3.63, 3.8) is 0 Å². The molecule has 144 valence electrons. The number of amides is 1. The second kappa shape index (κ2) is 9.54. The van der Waals surface area contributed by atoms with Crippen molar-refractivity contribution in [1.29, 1.82) is 5.26 Å². The van der Waals surface area contributed by atoms with Crippen LogP contribution in [0, 0.1) is 17.1 Å². The minimum atomic E-state index is -0.704. The predicted octanol–water partition coefficient (Wildman–Crippen LogP) is 5.60. The van der Waals surface area contributed by atoms with Crippen LogP contribution in [0.15, 0.2) is 78.4 Å². The molecule has 0 aliphatic rings. The fourth-order valence-electron chi connectivity index (χ4n) is 2.53. The van der Waals surface area contributed by atoms with Crippen LogP contribution in [0.4, 0.5) is 10.1 Å². The minimum absolute atomic E-state index is 0.00548. The molecule has 0 saturated carbocycles. The van der Waals surface area contributed by atoms with Crippen LogP contribution >= 0.6 is 11.6 Å². The number of anilines is 1. The average Bonchev–Trinajstić information content (AvgIpc) is 2.74. The molecule has 4 nitrogen and oxygen atoms in total. The van der Waals surface area contributed by atoms with Gasteiger partial charge in [0.15, 0.2) is 0 Å². The van der Waals surface area contributed by atoms with E-state index in [1.807, 2.05) is 18.2 Å². The lowest BCUT2D eigenvalue weighted by molar-refractivity contribution is -0.112. The smallest absolute Gasteiger partial charge is 0.266 e. The molecule has 6 heteroatoms. The molecule has 0 spiro atoms. The van der Waals surface area contributed by atoms with Gasteiger partial charge in [0.1, 0.15) is 29.8 Å². The summed E-state index contributed by atoms with van der Waals surface area (Å²) in [5.41, 5.74) is 1.31. The summed E-state index contributed by atoms with van der Waals surface area (Å²) in [6.45, 7) is 0.297. The van der Waals surface area contributed by atoms with Gasteiger partial charge < -0.3 is 10.1 Å². The van der Waals surface area contributed by atoms with Gasteiger partial charge in [-0.05, 0) is 42.0 Å². The second-order valence-electron chi connectivity index (χ2n) is 6.06. The van der Waals surface area contributed by atoms with Crippen molar-refractivity contribution in [2.45, 2.75) is 6.61 Å². The third-order valence-electron chi connectivity index (χ3n) is 4.01. The number of carbonyl (C=O) groups excluding carboxylic acids is 1. The highest BCUT2D eigenvalue weighted by molar-refractivity contribution is 6.30. The molecule has 3 aromatic rings. The van der Waals surface area contributed by atoms with Crippen molar-refractivity contribution < 1.29 is 13.9 Å². The Morgan fingerprint density at radius 1 is 1.07 bits per heavy atom. The summed E-state index contributed by atoms with van der Waals surface area (Å²) in [5, 5.41) is 12.4. The monoisotopic (exact) mass is 406 g/mol. The summed E-state index contributed by atoms with van der Waals surface area (Å²) in [6.07, 6.45) is 1.41. The molecular weight excluding hydrogens is 391 g/mol. The molecule has 0 fully saturated rings. The van der Waals surface area contributed by atoms with E-state index in [0.717, 1.165) is 5.56 Å². The number of nitrogens with zero attached hydrogens (tertiary/aromatic N) is 1. The van der Waals surface area contributed by atoms with Crippen molar-refractivity contribution in [2.24, 2.45) is 0 Å². The number of para-hydroxylation sites is 2. The SMILES string of the molecule is N#C/C(=C/c1ccccc1OCc1ccc(Cl)cc1)C(=O)Nc1ccccc1F. The van der Waals surface area contributed by atoms with Gasteiger partial charge in [0.2, 0.25) is 0 Å². The van der Waals surface area contributed by atoms with E-state index in [2.05, 4.69) is 5.32 Å². The van der Waals surface area contributed by atoms with Crippen molar-refractivity contribution in [2.75, 3.05) is 5.32 Å². The first-order chi connectivity index (χ1) is 14.1. The normalized spacial score (nSPS) is 10.9. The molecule has 3 rings (SSSR count). The summed E-state index contributed by atoms with van der Waals surface area (Å²) >= 11 is 5.88. The maximum absolute atomic E-state index is 13.7. The quantitative estimate of drug-likeness (QED) is 0.428. The highest BCUT2D eigenvalue weighted by Gasteiger charge is 2.13. The van der Waals surface area contributed by atoms with Gasteiger partial charge in [0.25, 0.3) is 5.91 Å². The van der Waals surface area contributed by atoms with Gasteiger partial charge in [0.05, 0.1) is 5.69 Å². The third-order valence-corrected chi connectivity index (χ3v) is 4.27. The Balaban J connectivity index is 1.78. The molecule has 0 heterocycles. The van der Waals surface area contributed by atoms with Crippen molar-refractivity contribution in [1.82, 2.24) is 0 Å². The number of benzene rings is 3. The van der Waals surface area contributed by atoms with Crippen LogP contribution in [0.5, 0.6) is 5.75 Å². The zero-order chi connectivity index (χ0) is 20.6. The van der Waals surface area contributed by atoms with Crippen LogP contribution in [0.25, 0.3) is 6.08 Å². The standard InChI is InChI=1S/C23H16ClFN2O2/c24-19-11-9-16(10-12-19)15-29-22-8-4-1-5-17(22)13-18(14-26)23(28)27-21-7-3-2-6-20(21)25/h1-13H,15H2,(H,27,28)/b18-13-. The van der Waals surface area contributed by atoms with E-state index in [1.54, 1.807) is 42.5 Å². The van der Waals surface area contributed by atoms with Crippen LogP contribution in [-0.2, 0) is 11.4 Å². The number of nitriles is 1. The lowest BCUT2D eigenvalue weighted by Gasteiger charge is -2.10. The molecule has 0 aliphatic heterocycles. The van der Waals surface area contributed by atoms with Crippen molar-refractivity contribution >= 4 is 29.3 Å². The number of hydrogen-bond acceptors (Lipinski definition) is 3. The Kier molecular flexibility index (Phi) is 6.62. The fourth-order valence-corrected chi connectivity index (χ4v) is 2.66. The fraction of sp³-hybridized carbons (Fsp3) is 0.0435. The lowest BCUT2D eigenvalue weighted by Crippen LogP contribution is -2.14. The molecule has 0 aliphatic carbocycles. The van der Waals surface area contributed by atoms with Gasteiger partial charge in [-0.15, -0.1) is 0 Å². The van der Waals surface area contributed by atoms with Gasteiger partial charge in [-0.25, -0.2) is 4.39 Å². The Labute approximate surface area is 172 Å². The summed E-state index contributed by atoms with van der Waals surface area (Å²) < 4.78 is 19.6. The predicted molar refractivity (Wildman–Crippen MR) is 111 cm³/mol. The highest BCUT2D eigenvalue weighted by Crippen LogP contribution is 2.23. The number of rotatable bonds is 6. The van der Waals surface area contributed by atoms with Gasteiger partial charge in [0, 0.05) is 10.6 Å². The van der Waals surface area contributed by atoms with E-state index in [1.165, 1.54) is 24.3 Å². The Morgan fingerprint density at radius 3 is 2.48 bits per heavy atom. The molecule has 0 atom stereocenters. The van der Waals surface area contributed by atoms with Crippen LogP contribution in [0.2, 0.25) is 5.02 Å². The topological polar surface area (TPSA) is 62.1 Å². The molecule has 0 aromatic heterocycles. The molecule has 0 unspecified atom stereocenters. The van der Waals surface area contributed by atoms with E-state index in [9.17, 15) is 14.4 Å². The summed E-state index contributed by atoms with van der Waals surface area (Å²) in [4.78, 5) is 12.4. The van der Waals surface area contributed by atoms with E-state index < -0.39 is 11.7 Å². The maximum Gasteiger partial charge on any atom is 0.266 e. The van der Waals surface area contributed by atoms with Gasteiger partial charge in [-0.1, -0.05) is 54.1 Å². The van der Waals surface area contributed by atoms with E-state index in [-0.39, 0.29) is 11.3 Å². The zero-order valence-electron chi connectivity index (χ0n) is 15.2. The minimum Gasteiger partial charge on any atom is -0.488 e. The van der Waals surface area contributed by atoms with Crippen LogP contribution in [-0.4, -0.2) is 5.91 Å². The maximum atomic E-state index is 13.7. The average molecular weight is 407 g/mol. The largest absolute Gasteiger partial charge is 0.488 e. The zero-order valence-corrected chi connectivity index (χ0v) is 16.0. The van der Waals surface area contributed by atoms with Crippen molar-refractivity contribution in [3.8, 4) is 11.8 Å². The highest BCUT2D eigenvalue weighted by atomic mass is 35.5. The molecule has 0 radical (unpaired) electrons. The van der Waals surface area contributed by atoms with Crippen LogP contribution in [0.3, 0.4) is 0 Å². The van der Waals surface area contributed by atoms with E-state index in [0.29, 0.717) is 22.9 Å². The Hall–Kier alpha value is -3.62. The molecule has 0 saturated heterocycles. The van der Waals surface area contributed by atoms with Gasteiger partial charge in [-0.2, -0.15) is 5.26 Å². The first kappa shape index (κ1) is 20.1. The molecular formula is C23H16ClFN2O2. The summed E-state index contributed by atoms with van der Waals surface area (Å²) in [7, 11) is 0. The molecule has 3 aromatic carbocycles. The summed E-state index contributed by atoms with van der Waals surface area (Å²) in [5.74, 6) is -0.774. The van der Waals surface area contributed by atoms with Crippen LogP contribution in [0.1, 0.15) is 11.1 Å². The van der Waals surface area contributed by atoms with Gasteiger partial charge >= 0.3 is 0 Å².